The maximum Gasteiger partial charge on any atom is 0.127 e. The van der Waals surface area contributed by atoms with Crippen LogP contribution in [0.3, 0.4) is 0 Å². The summed E-state index contributed by atoms with van der Waals surface area (Å²) >= 11 is 0. The van der Waals surface area contributed by atoms with Crippen molar-refractivity contribution in [2.45, 2.75) is 26.4 Å². The van der Waals surface area contributed by atoms with Gasteiger partial charge in [-0.1, -0.05) is 6.92 Å². The highest BCUT2D eigenvalue weighted by Crippen LogP contribution is 2.30. The lowest BCUT2D eigenvalue weighted by molar-refractivity contribution is 0.375. The Morgan fingerprint density at radius 3 is 2.62 bits per heavy atom. The molecule has 2 rings (SSSR count). The van der Waals surface area contributed by atoms with Crippen LogP contribution in [0.2, 0.25) is 0 Å². The van der Waals surface area contributed by atoms with E-state index in [9.17, 15) is 0 Å². The molecular formula is C16H23N3O2. The average molecular weight is 289 g/mol. The van der Waals surface area contributed by atoms with Crippen molar-refractivity contribution in [3.8, 4) is 11.5 Å². The van der Waals surface area contributed by atoms with Crippen molar-refractivity contribution in [3.63, 3.8) is 0 Å². The molecule has 0 aliphatic heterocycles. The minimum absolute atomic E-state index is 0.134. The number of aromatic nitrogens is 2. The molecule has 0 bridgehead atoms. The molecule has 5 nitrogen and oxygen atoms in total. The molecule has 1 heterocycles. The summed E-state index contributed by atoms with van der Waals surface area (Å²) in [4.78, 5) is 0. The van der Waals surface area contributed by atoms with Gasteiger partial charge in [-0.15, -0.1) is 0 Å². The van der Waals surface area contributed by atoms with Crippen LogP contribution in [0.25, 0.3) is 0 Å². The first-order valence-corrected chi connectivity index (χ1v) is 7.13. The van der Waals surface area contributed by atoms with Crippen molar-refractivity contribution < 1.29 is 9.47 Å². The normalized spacial score (nSPS) is 12.2. The van der Waals surface area contributed by atoms with Crippen LogP contribution in [0.1, 0.15) is 24.2 Å². The summed E-state index contributed by atoms with van der Waals surface area (Å²) < 4.78 is 12.7. The van der Waals surface area contributed by atoms with E-state index in [4.69, 9.17) is 9.47 Å². The second-order valence-corrected chi connectivity index (χ2v) is 4.90. The Balaban J connectivity index is 2.28. The molecule has 0 aliphatic rings. The van der Waals surface area contributed by atoms with E-state index >= 15 is 0 Å². The monoisotopic (exact) mass is 289 g/mol. The van der Waals surface area contributed by atoms with Gasteiger partial charge in [0.1, 0.15) is 11.5 Å². The molecule has 114 valence electrons. The van der Waals surface area contributed by atoms with Gasteiger partial charge in [-0.25, -0.2) is 0 Å². The van der Waals surface area contributed by atoms with Gasteiger partial charge in [-0.2, -0.15) is 5.10 Å². The molecule has 1 atom stereocenters. The van der Waals surface area contributed by atoms with Crippen LogP contribution in [0.15, 0.2) is 30.5 Å². The average Bonchev–Trinajstić information content (AvgIpc) is 2.91. The second-order valence-electron chi connectivity index (χ2n) is 4.90. The minimum Gasteiger partial charge on any atom is -0.497 e. The number of nitrogens with one attached hydrogen (secondary N) is 1. The zero-order valence-corrected chi connectivity index (χ0v) is 13.1. The molecule has 1 N–H and O–H groups in total. The lowest BCUT2D eigenvalue weighted by Gasteiger charge is -2.21. The molecule has 5 heteroatoms. The molecule has 0 radical (unpaired) electrons. The largest absolute Gasteiger partial charge is 0.497 e. The number of rotatable bonds is 7. The molecule has 0 saturated carbocycles. The predicted molar refractivity (Wildman–Crippen MR) is 82.9 cm³/mol. The first kappa shape index (κ1) is 15.4. The van der Waals surface area contributed by atoms with Crippen molar-refractivity contribution in [2.24, 2.45) is 0 Å². The second kappa shape index (κ2) is 7.13. The van der Waals surface area contributed by atoms with Crippen molar-refractivity contribution in [2.75, 3.05) is 20.8 Å². The maximum absolute atomic E-state index is 5.51. The van der Waals surface area contributed by atoms with E-state index in [2.05, 4.69) is 17.3 Å². The molecule has 2 aromatic rings. The summed E-state index contributed by atoms with van der Waals surface area (Å²) in [6, 6.07) is 8.05. The molecule has 0 aliphatic carbocycles. The highest BCUT2D eigenvalue weighted by atomic mass is 16.5. The highest BCUT2D eigenvalue weighted by molar-refractivity contribution is 5.42. The van der Waals surface area contributed by atoms with Crippen molar-refractivity contribution in [1.29, 1.82) is 0 Å². The highest BCUT2D eigenvalue weighted by Gasteiger charge is 2.17. The van der Waals surface area contributed by atoms with Gasteiger partial charge in [-0.3, -0.25) is 4.68 Å². The molecule has 0 fully saturated rings. The van der Waals surface area contributed by atoms with Gasteiger partial charge in [0.25, 0.3) is 0 Å². The Labute approximate surface area is 125 Å². The van der Waals surface area contributed by atoms with Crippen LogP contribution < -0.4 is 14.8 Å². The molecular weight excluding hydrogens is 266 g/mol. The van der Waals surface area contributed by atoms with Gasteiger partial charge in [0.2, 0.25) is 0 Å². The Morgan fingerprint density at radius 2 is 2.05 bits per heavy atom. The standard InChI is InChI=1S/C16H23N3O2/c1-5-17-15(11-19-9-8-12(2)18-19)14-7-6-13(20-3)10-16(14)21-4/h6-10,15,17H,5,11H2,1-4H3. The lowest BCUT2D eigenvalue weighted by Crippen LogP contribution is -2.26. The van der Waals surface area contributed by atoms with Crippen molar-refractivity contribution in [1.82, 2.24) is 15.1 Å². The van der Waals surface area contributed by atoms with Crippen molar-refractivity contribution in [3.05, 3.63) is 41.7 Å². The van der Waals surface area contributed by atoms with Gasteiger partial charge < -0.3 is 14.8 Å². The molecule has 0 saturated heterocycles. The SMILES string of the molecule is CCNC(Cn1ccc(C)n1)c1ccc(OC)cc1OC. The summed E-state index contributed by atoms with van der Waals surface area (Å²) in [6.07, 6.45) is 2.00. The predicted octanol–water partition coefficient (Wildman–Crippen LogP) is 2.56. The van der Waals surface area contributed by atoms with E-state index in [0.29, 0.717) is 0 Å². The minimum atomic E-state index is 0.134. The number of benzene rings is 1. The zero-order chi connectivity index (χ0) is 15.2. The Morgan fingerprint density at radius 1 is 1.24 bits per heavy atom. The maximum atomic E-state index is 5.51. The van der Waals surface area contributed by atoms with E-state index in [0.717, 1.165) is 35.8 Å². The quantitative estimate of drug-likeness (QED) is 0.851. The topological polar surface area (TPSA) is 48.3 Å². The van der Waals surface area contributed by atoms with Gasteiger partial charge in [-0.05, 0) is 31.7 Å². The Bertz CT molecular complexity index is 581. The van der Waals surface area contributed by atoms with Crippen LogP contribution in [0.4, 0.5) is 0 Å². The van der Waals surface area contributed by atoms with Crippen LogP contribution in [-0.4, -0.2) is 30.5 Å². The number of hydrogen-bond donors (Lipinski definition) is 1. The van der Waals surface area contributed by atoms with E-state index in [1.165, 1.54) is 0 Å². The number of hydrogen-bond acceptors (Lipinski definition) is 4. The third-order valence-corrected chi connectivity index (χ3v) is 3.41. The van der Waals surface area contributed by atoms with E-state index < -0.39 is 0 Å². The summed E-state index contributed by atoms with van der Waals surface area (Å²) in [5, 5.41) is 7.95. The summed E-state index contributed by atoms with van der Waals surface area (Å²) in [5.41, 5.74) is 2.13. The fraction of sp³-hybridized carbons (Fsp3) is 0.438. The molecule has 1 aromatic carbocycles. The third-order valence-electron chi connectivity index (χ3n) is 3.41. The number of ether oxygens (including phenoxy) is 2. The van der Waals surface area contributed by atoms with Crippen LogP contribution in [-0.2, 0) is 6.54 Å². The van der Waals surface area contributed by atoms with E-state index in [-0.39, 0.29) is 6.04 Å². The lowest BCUT2D eigenvalue weighted by atomic mass is 10.1. The van der Waals surface area contributed by atoms with Gasteiger partial charge >= 0.3 is 0 Å². The number of methoxy groups -OCH3 is 2. The zero-order valence-electron chi connectivity index (χ0n) is 13.1. The Hall–Kier alpha value is -2.01. The number of aryl methyl sites for hydroxylation is 1. The summed E-state index contributed by atoms with van der Waals surface area (Å²) in [6.45, 7) is 5.72. The number of nitrogens with zero attached hydrogens (tertiary/aromatic N) is 2. The van der Waals surface area contributed by atoms with Gasteiger partial charge in [0.05, 0.1) is 32.5 Å². The number of likely N-dealkylation sites (N-methyl/N-ethyl adjacent to an activating group) is 1. The first-order valence-electron chi connectivity index (χ1n) is 7.13. The smallest absolute Gasteiger partial charge is 0.127 e. The van der Waals surface area contributed by atoms with E-state index in [1.54, 1.807) is 14.2 Å². The summed E-state index contributed by atoms with van der Waals surface area (Å²) in [7, 11) is 3.34. The van der Waals surface area contributed by atoms with E-state index in [1.807, 2.05) is 42.1 Å². The van der Waals surface area contributed by atoms with Crippen LogP contribution in [0, 0.1) is 6.92 Å². The fourth-order valence-electron chi connectivity index (χ4n) is 2.38. The Kier molecular flexibility index (Phi) is 5.22. The van der Waals surface area contributed by atoms with Crippen molar-refractivity contribution >= 4 is 0 Å². The molecule has 1 unspecified atom stereocenters. The molecule has 21 heavy (non-hydrogen) atoms. The van der Waals surface area contributed by atoms with Gasteiger partial charge in [0.15, 0.2) is 0 Å². The summed E-state index contributed by atoms with van der Waals surface area (Å²) in [5.74, 6) is 1.62. The molecule has 1 aromatic heterocycles. The first-order chi connectivity index (χ1) is 10.2. The van der Waals surface area contributed by atoms with Crippen LogP contribution >= 0.6 is 0 Å². The third kappa shape index (κ3) is 3.76. The molecule has 0 spiro atoms. The molecule has 0 amide bonds. The fourth-order valence-corrected chi connectivity index (χ4v) is 2.38. The van der Waals surface area contributed by atoms with Gasteiger partial charge in [0, 0.05) is 17.8 Å². The van der Waals surface area contributed by atoms with Crippen LogP contribution in [0.5, 0.6) is 11.5 Å².